The normalized spacial score (nSPS) is 15.4. The van der Waals surface area contributed by atoms with Gasteiger partial charge in [0.15, 0.2) is 0 Å². The second kappa shape index (κ2) is 10.8. The molecule has 32 heavy (non-hydrogen) atoms. The number of fused-ring (bicyclic) bond motifs is 1. The molecule has 3 aromatic rings. The van der Waals surface area contributed by atoms with E-state index in [4.69, 9.17) is 14.6 Å². The summed E-state index contributed by atoms with van der Waals surface area (Å²) in [6.45, 7) is 2.94. The van der Waals surface area contributed by atoms with Crippen LogP contribution in [0.4, 0.5) is 13.2 Å². The Bertz CT molecular complexity index is 999. The van der Waals surface area contributed by atoms with Crippen molar-refractivity contribution in [2.24, 2.45) is 0 Å². The molecule has 0 saturated carbocycles. The summed E-state index contributed by atoms with van der Waals surface area (Å²) in [6, 6.07) is 10.5. The minimum absolute atomic E-state index is 0.102. The summed E-state index contributed by atoms with van der Waals surface area (Å²) < 4.78 is 39.6. The van der Waals surface area contributed by atoms with Gasteiger partial charge in [0.05, 0.1) is 24.9 Å². The molecule has 9 nitrogen and oxygen atoms in total. The van der Waals surface area contributed by atoms with Crippen molar-refractivity contribution < 1.29 is 27.8 Å². The fourth-order valence-electron chi connectivity index (χ4n) is 2.97. The Balaban J connectivity index is 0.000000360. The van der Waals surface area contributed by atoms with Crippen molar-refractivity contribution in [3.05, 3.63) is 60.3 Å². The number of halogens is 3. The largest absolute Gasteiger partial charge is 0.490 e. The van der Waals surface area contributed by atoms with Gasteiger partial charge in [0.2, 0.25) is 0 Å². The maximum absolute atomic E-state index is 10.6. The number of carboxylic acid groups (broad SMARTS) is 1. The third kappa shape index (κ3) is 6.56. The van der Waals surface area contributed by atoms with Crippen molar-refractivity contribution in [1.82, 2.24) is 30.3 Å². The van der Waals surface area contributed by atoms with E-state index >= 15 is 0 Å². The molecule has 2 N–H and O–H groups in total. The summed E-state index contributed by atoms with van der Waals surface area (Å²) in [7, 11) is 0. The first kappa shape index (κ1) is 23.3. The Morgan fingerprint density at radius 3 is 2.56 bits per heavy atom. The second-order valence-corrected chi connectivity index (χ2v) is 6.87. The summed E-state index contributed by atoms with van der Waals surface area (Å²) in [5.74, 6) is -2.76. The van der Waals surface area contributed by atoms with E-state index in [0.29, 0.717) is 13.2 Å². The zero-order valence-corrected chi connectivity index (χ0v) is 16.9. The van der Waals surface area contributed by atoms with Crippen molar-refractivity contribution >= 4 is 5.97 Å². The first-order valence-electron chi connectivity index (χ1n) is 9.68. The molecule has 170 valence electrons. The quantitative estimate of drug-likeness (QED) is 0.549. The van der Waals surface area contributed by atoms with Crippen molar-refractivity contribution in [3.8, 4) is 11.3 Å². The molecule has 1 atom stereocenters. The lowest BCUT2D eigenvalue weighted by molar-refractivity contribution is -0.192. The first-order chi connectivity index (χ1) is 15.3. The van der Waals surface area contributed by atoms with Gasteiger partial charge in [-0.1, -0.05) is 35.5 Å². The molecule has 1 aromatic carbocycles. The lowest BCUT2D eigenvalue weighted by Gasteiger charge is -2.24. The minimum Gasteiger partial charge on any atom is -0.475 e. The summed E-state index contributed by atoms with van der Waals surface area (Å²) in [5, 5.41) is 19.1. The number of carbonyl (C=O) groups is 1. The summed E-state index contributed by atoms with van der Waals surface area (Å²) in [4.78, 5) is 17.0. The molecule has 4 rings (SSSR count). The molecular weight excluding hydrogens is 429 g/mol. The van der Waals surface area contributed by atoms with Crippen molar-refractivity contribution in [2.75, 3.05) is 13.1 Å². The van der Waals surface area contributed by atoms with E-state index in [1.54, 1.807) is 12.4 Å². The number of benzene rings is 1. The molecule has 0 saturated heterocycles. The number of aromatic nitrogens is 5. The van der Waals surface area contributed by atoms with Crippen LogP contribution in [0, 0.1) is 0 Å². The van der Waals surface area contributed by atoms with Crippen LogP contribution in [-0.4, -0.2) is 61.4 Å². The maximum Gasteiger partial charge on any atom is 0.490 e. The average molecular weight is 450 g/mol. The topological polar surface area (TPSA) is 115 Å². The Morgan fingerprint density at radius 1 is 1.22 bits per heavy atom. The zero-order chi connectivity index (χ0) is 23.0. The molecule has 0 radical (unpaired) electrons. The Kier molecular flexibility index (Phi) is 7.84. The number of aliphatic carboxylic acids is 1. The molecular formula is C20H21F3N6O3. The number of hydrogen-bond acceptors (Lipinski definition) is 7. The number of alkyl halides is 3. The Labute approximate surface area is 181 Å². The van der Waals surface area contributed by atoms with Gasteiger partial charge in [-0.05, 0) is 18.5 Å². The molecule has 3 heterocycles. The smallest absolute Gasteiger partial charge is 0.475 e. The van der Waals surface area contributed by atoms with E-state index in [9.17, 15) is 13.2 Å². The van der Waals surface area contributed by atoms with Crippen LogP contribution in [0.15, 0.2) is 49.1 Å². The van der Waals surface area contributed by atoms with Gasteiger partial charge in [0.25, 0.3) is 0 Å². The summed E-state index contributed by atoms with van der Waals surface area (Å²) in [5.41, 5.74) is 3.99. The molecule has 0 amide bonds. The van der Waals surface area contributed by atoms with Crippen molar-refractivity contribution in [1.29, 1.82) is 0 Å². The van der Waals surface area contributed by atoms with Crippen LogP contribution in [0.3, 0.4) is 0 Å². The molecule has 0 fully saturated rings. The van der Waals surface area contributed by atoms with Crippen LogP contribution in [-0.2, 0) is 29.1 Å². The number of carboxylic acids is 1. The SMILES string of the molecule is O=C(O)C(F)(F)F.c1ccc(CCNCC2Cn3nnc(-c4cncnc4)c3CO2)cc1. The zero-order valence-electron chi connectivity index (χ0n) is 16.9. The van der Waals surface area contributed by atoms with Crippen molar-refractivity contribution in [3.63, 3.8) is 0 Å². The molecule has 0 spiro atoms. The van der Waals surface area contributed by atoms with E-state index in [0.717, 1.165) is 36.5 Å². The Hall–Kier alpha value is -3.38. The van der Waals surface area contributed by atoms with Gasteiger partial charge in [0.1, 0.15) is 12.0 Å². The molecule has 12 heteroatoms. The number of nitrogens with one attached hydrogen (secondary N) is 1. The van der Waals surface area contributed by atoms with Crippen LogP contribution in [0.2, 0.25) is 0 Å². The highest BCUT2D eigenvalue weighted by Crippen LogP contribution is 2.23. The fraction of sp³-hybridized carbons (Fsp3) is 0.350. The molecule has 0 aliphatic carbocycles. The van der Waals surface area contributed by atoms with Gasteiger partial charge in [-0.2, -0.15) is 13.2 Å². The van der Waals surface area contributed by atoms with E-state index in [2.05, 4.69) is 49.9 Å². The summed E-state index contributed by atoms with van der Waals surface area (Å²) in [6.07, 6.45) is 1.03. The predicted octanol–water partition coefficient (Wildman–Crippen LogP) is 2.10. The molecule has 0 bridgehead atoms. The van der Waals surface area contributed by atoms with E-state index in [1.165, 1.54) is 11.9 Å². The number of ether oxygens (including phenoxy) is 1. The summed E-state index contributed by atoms with van der Waals surface area (Å²) >= 11 is 0. The van der Waals surface area contributed by atoms with Gasteiger partial charge >= 0.3 is 12.1 Å². The van der Waals surface area contributed by atoms with E-state index < -0.39 is 12.1 Å². The highest BCUT2D eigenvalue weighted by Gasteiger charge is 2.38. The van der Waals surface area contributed by atoms with Crippen molar-refractivity contribution in [2.45, 2.75) is 31.9 Å². The fourth-order valence-corrected chi connectivity index (χ4v) is 2.97. The lowest BCUT2D eigenvalue weighted by atomic mass is 10.1. The monoisotopic (exact) mass is 450 g/mol. The molecule has 2 aromatic heterocycles. The predicted molar refractivity (Wildman–Crippen MR) is 106 cm³/mol. The second-order valence-electron chi connectivity index (χ2n) is 6.87. The highest BCUT2D eigenvalue weighted by atomic mass is 19.4. The number of nitrogens with zero attached hydrogens (tertiary/aromatic N) is 5. The minimum atomic E-state index is -5.08. The van der Waals surface area contributed by atoms with E-state index in [1.807, 2.05) is 10.7 Å². The average Bonchev–Trinajstić information content (AvgIpc) is 3.21. The standard InChI is InChI=1S/C18H20N6O.C2HF3O2/c1-2-4-14(5-3-1)6-7-19-10-16-11-24-17(12-25-16)18(22-23-24)15-8-20-13-21-9-15;3-2(4,5)1(6)7/h1-5,8-9,13,16,19H,6-7,10-12H2;(H,6,7). The van der Waals surface area contributed by atoms with Crippen LogP contribution in [0.5, 0.6) is 0 Å². The van der Waals surface area contributed by atoms with Gasteiger partial charge in [0, 0.05) is 24.5 Å². The molecule has 1 aliphatic heterocycles. The van der Waals surface area contributed by atoms with Crippen LogP contribution in [0.25, 0.3) is 11.3 Å². The third-order valence-electron chi connectivity index (χ3n) is 4.55. The van der Waals surface area contributed by atoms with Gasteiger partial charge in [-0.15, -0.1) is 5.10 Å². The van der Waals surface area contributed by atoms with Crippen LogP contribution >= 0.6 is 0 Å². The van der Waals surface area contributed by atoms with Crippen LogP contribution < -0.4 is 5.32 Å². The molecule has 1 unspecified atom stereocenters. The van der Waals surface area contributed by atoms with E-state index in [-0.39, 0.29) is 6.10 Å². The number of hydrogen-bond donors (Lipinski definition) is 2. The third-order valence-corrected chi connectivity index (χ3v) is 4.55. The van der Waals surface area contributed by atoms with Crippen LogP contribution in [0.1, 0.15) is 11.3 Å². The maximum atomic E-state index is 10.6. The lowest BCUT2D eigenvalue weighted by Crippen LogP contribution is -2.37. The van der Waals surface area contributed by atoms with Gasteiger partial charge in [-0.25, -0.2) is 19.4 Å². The first-order valence-corrected chi connectivity index (χ1v) is 9.68. The Morgan fingerprint density at radius 2 is 1.91 bits per heavy atom. The number of rotatable bonds is 6. The van der Waals surface area contributed by atoms with Gasteiger partial charge in [-0.3, -0.25) is 0 Å². The van der Waals surface area contributed by atoms with Gasteiger partial charge < -0.3 is 15.2 Å². The molecule has 1 aliphatic rings. The highest BCUT2D eigenvalue weighted by molar-refractivity contribution is 5.73.